The number of phenols is 1. The lowest BCUT2D eigenvalue weighted by Crippen LogP contribution is -2.35. The number of carbonyl (C=O) groups excluding carboxylic acids is 2. The van der Waals surface area contributed by atoms with Gasteiger partial charge in [-0.25, -0.2) is 4.39 Å². The van der Waals surface area contributed by atoms with Gasteiger partial charge in [-0.3, -0.25) is 9.59 Å². The highest BCUT2D eigenvalue weighted by atomic mass is 19.1. The molecule has 1 fully saturated rings. The predicted molar refractivity (Wildman–Crippen MR) is 120 cm³/mol. The van der Waals surface area contributed by atoms with E-state index in [9.17, 15) is 24.2 Å². The van der Waals surface area contributed by atoms with Crippen LogP contribution in [-0.2, 0) is 9.59 Å². The summed E-state index contributed by atoms with van der Waals surface area (Å²) in [4.78, 5) is 29.0. The Hall–Kier alpha value is -3.71. The number of rotatable bonds is 5. The number of hydrogen-bond acceptors (Lipinski definition) is 5. The van der Waals surface area contributed by atoms with Crippen LogP contribution in [0.1, 0.15) is 17.2 Å². The molecule has 1 atom stereocenters. The molecule has 6 nitrogen and oxygen atoms in total. The number of amides is 1. The second-order valence-corrected chi connectivity index (χ2v) is 8.00. The molecule has 0 bridgehead atoms. The van der Waals surface area contributed by atoms with E-state index >= 15 is 0 Å². The molecule has 1 aliphatic heterocycles. The number of aromatic hydroxyl groups is 1. The van der Waals surface area contributed by atoms with Gasteiger partial charge in [0.05, 0.1) is 17.2 Å². The normalized spacial score (nSPS) is 18.1. The van der Waals surface area contributed by atoms with Gasteiger partial charge in [-0.2, -0.15) is 0 Å². The van der Waals surface area contributed by atoms with E-state index in [0.29, 0.717) is 11.9 Å². The van der Waals surface area contributed by atoms with Crippen molar-refractivity contribution in [1.29, 1.82) is 0 Å². The second kappa shape index (κ2) is 8.43. The highest BCUT2D eigenvalue weighted by Gasteiger charge is 2.47. The zero-order valence-electron chi connectivity index (χ0n) is 17.7. The quantitative estimate of drug-likeness (QED) is 0.364. The van der Waals surface area contributed by atoms with Gasteiger partial charge in [0.2, 0.25) is 0 Å². The molecule has 32 heavy (non-hydrogen) atoms. The van der Waals surface area contributed by atoms with Crippen molar-refractivity contribution in [1.82, 2.24) is 9.80 Å². The van der Waals surface area contributed by atoms with Gasteiger partial charge in [-0.05, 0) is 31.6 Å². The third-order valence-electron chi connectivity index (χ3n) is 5.68. The summed E-state index contributed by atoms with van der Waals surface area (Å²) in [6, 6.07) is 15.0. The molecule has 1 amide bonds. The summed E-state index contributed by atoms with van der Waals surface area (Å²) in [6.07, 6.45) is 0. The summed E-state index contributed by atoms with van der Waals surface area (Å²) in [7, 11) is 3.64. The Morgan fingerprint density at radius 1 is 1.03 bits per heavy atom. The number of ketones is 1. The number of aliphatic hydroxyl groups is 1. The number of likely N-dealkylation sites (tertiary alicyclic amines) is 1. The van der Waals surface area contributed by atoms with Crippen LogP contribution in [0.2, 0.25) is 0 Å². The van der Waals surface area contributed by atoms with Gasteiger partial charge >= 0.3 is 0 Å². The number of likely N-dealkylation sites (N-methyl/N-ethyl adjacent to an activating group) is 1. The molecule has 0 aromatic heterocycles. The maximum Gasteiger partial charge on any atom is 0.295 e. The highest BCUT2D eigenvalue weighted by molar-refractivity contribution is 6.46. The standard InChI is InChI=1S/C25H23FN2O4/c1-27(2)13-14-28-21(17-9-5-6-10-19(17)26)20(24(31)25(28)32)23(30)18-12-11-15-7-3-4-8-16(15)22(18)29/h3-12,21,29-30H,13-14H2,1-2H3/b23-20+. The zero-order valence-corrected chi connectivity index (χ0v) is 17.7. The van der Waals surface area contributed by atoms with Crippen LogP contribution in [0, 0.1) is 5.82 Å². The fraction of sp³-hybridized carbons (Fsp3) is 0.200. The van der Waals surface area contributed by atoms with Crippen molar-refractivity contribution < 1.29 is 24.2 Å². The Bertz CT molecular complexity index is 1250. The lowest BCUT2D eigenvalue weighted by molar-refractivity contribution is -0.140. The smallest absolute Gasteiger partial charge is 0.295 e. The third-order valence-corrected chi connectivity index (χ3v) is 5.68. The minimum absolute atomic E-state index is 0.00986. The SMILES string of the molecule is CN(C)CCN1C(=O)C(=O)/C(=C(/O)c2ccc3ccccc3c2O)C1c1ccccc1F. The molecule has 0 aliphatic carbocycles. The van der Waals surface area contributed by atoms with E-state index in [1.165, 1.54) is 29.2 Å². The summed E-state index contributed by atoms with van der Waals surface area (Å²) in [6.45, 7) is 0.607. The number of fused-ring (bicyclic) bond motifs is 1. The largest absolute Gasteiger partial charge is 0.507 e. The summed E-state index contributed by atoms with van der Waals surface area (Å²) in [5.74, 6) is -3.08. The van der Waals surface area contributed by atoms with E-state index in [2.05, 4.69) is 0 Å². The van der Waals surface area contributed by atoms with Crippen molar-refractivity contribution in [3.8, 4) is 5.75 Å². The summed E-state index contributed by atoms with van der Waals surface area (Å²) < 4.78 is 14.8. The number of benzene rings is 3. The van der Waals surface area contributed by atoms with E-state index in [1.54, 1.807) is 30.3 Å². The fourth-order valence-electron chi connectivity index (χ4n) is 4.03. The maximum absolute atomic E-state index is 14.8. The molecule has 1 aliphatic rings. The number of hydrogen-bond donors (Lipinski definition) is 2. The first kappa shape index (κ1) is 21.5. The maximum atomic E-state index is 14.8. The Morgan fingerprint density at radius 2 is 1.72 bits per heavy atom. The minimum atomic E-state index is -1.11. The molecule has 3 aromatic rings. The van der Waals surface area contributed by atoms with Crippen LogP contribution in [0.4, 0.5) is 4.39 Å². The monoisotopic (exact) mass is 434 g/mol. The van der Waals surface area contributed by atoms with Gasteiger partial charge in [0, 0.05) is 24.0 Å². The van der Waals surface area contributed by atoms with Gasteiger partial charge < -0.3 is 20.0 Å². The van der Waals surface area contributed by atoms with Crippen LogP contribution in [-0.4, -0.2) is 58.9 Å². The molecule has 1 heterocycles. The molecule has 7 heteroatoms. The van der Waals surface area contributed by atoms with Crippen LogP contribution in [0.25, 0.3) is 16.5 Å². The summed E-state index contributed by atoms with van der Waals surface area (Å²) in [5, 5.41) is 23.2. The molecule has 0 radical (unpaired) electrons. The van der Waals surface area contributed by atoms with Crippen molar-refractivity contribution in [2.24, 2.45) is 0 Å². The van der Waals surface area contributed by atoms with Crippen molar-refractivity contribution in [2.45, 2.75) is 6.04 Å². The van der Waals surface area contributed by atoms with Gasteiger partial charge in [0.25, 0.3) is 11.7 Å². The lowest BCUT2D eigenvalue weighted by atomic mass is 9.93. The second-order valence-electron chi connectivity index (χ2n) is 8.00. The minimum Gasteiger partial charge on any atom is -0.507 e. The molecule has 1 unspecified atom stereocenters. The molecular formula is C25H23FN2O4. The number of aliphatic hydroxyl groups excluding tert-OH is 1. The number of phenolic OH excluding ortho intramolecular Hbond substituents is 1. The van der Waals surface area contributed by atoms with Gasteiger partial charge in [-0.1, -0.05) is 48.5 Å². The number of halogens is 1. The van der Waals surface area contributed by atoms with Crippen LogP contribution in [0.15, 0.2) is 66.2 Å². The molecule has 0 saturated carbocycles. The lowest BCUT2D eigenvalue weighted by Gasteiger charge is -2.26. The van der Waals surface area contributed by atoms with Crippen LogP contribution >= 0.6 is 0 Å². The van der Waals surface area contributed by atoms with E-state index in [-0.39, 0.29) is 29.0 Å². The number of Topliss-reactive ketones (excluding diaryl/α,β-unsaturated/α-hetero) is 1. The number of carbonyl (C=O) groups is 2. The Balaban J connectivity index is 1.93. The Morgan fingerprint density at radius 3 is 2.44 bits per heavy atom. The van der Waals surface area contributed by atoms with Crippen LogP contribution in [0.3, 0.4) is 0 Å². The Labute approximate surface area is 184 Å². The van der Waals surface area contributed by atoms with Crippen molar-refractivity contribution >= 4 is 28.2 Å². The van der Waals surface area contributed by atoms with E-state index in [1.807, 2.05) is 25.1 Å². The number of nitrogens with zero attached hydrogens (tertiary/aromatic N) is 2. The first-order valence-corrected chi connectivity index (χ1v) is 10.2. The topological polar surface area (TPSA) is 81.1 Å². The average molecular weight is 434 g/mol. The third kappa shape index (κ3) is 3.61. The van der Waals surface area contributed by atoms with Gasteiger partial charge in [0.1, 0.15) is 17.3 Å². The van der Waals surface area contributed by atoms with Crippen LogP contribution in [0.5, 0.6) is 5.75 Å². The van der Waals surface area contributed by atoms with Gasteiger partial charge in [0.15, 0.2) is 0 Å². The predicted octanol–water partition coefficient (Wildman–Crippen LogP) is 3.67. The van der Waals surface area contributed by atoms with Crippen molar-refractivity contribution in [3.05, 3.63) is 83.2 Å². The summed E-state index contributed by atoms with van der Waals surface area (Å²) >= 11 is 0. The fourth-order valence-corrected chi connectivity index (χ4v) is 4.03. The van der Waals surface area contributed by atoms with Crippen molar-refractivity contribution in [2.75, 3.05) is 27.2 Å². The molecular weight excluding hydrogens is 411 g/mol. The van der Waals surface area contributed by atoms with Crippen molar-refractivity contribution in [3.63, 3.8) is 0 Å². The van der Waals surface area contributed by atoms with E-state index < -0.39 is 29.3 Å². The molecule has 0 spiro atoms. The average Bonchev–Trinajstić information content (AvgIpc) is 3.02. The molecule has 3 aromatic carbocycles. The molecule has 2 N–H and O–H groups in total. The first-order valence-electron chi connectivity index (χ1n) is 10.2. The summed E-state index contributed by atoms with van der Waals surface area (Å²) in [5.41, 5.74) is -0.132. The van der Waals surface area contributed by atoms with Crippen LogP contribution < -0.4 is 0 Å². The first-order chi connectivity index (χ1) is 15.3. The van der Waals surface area contributed by atoms with Gasteiger partial charge in [-0.15, -0.1) is 0 Å². The Kier molecular flexibility index (Phi) is 5.67. The molecule has 4 rings (SSSR count). The zero-order chi connectivity index (χ0) is 23.0. The highest BCUT2D eigenvalue weighted by Crippen LogP contribution is 2.42. The molecule has 164 valence electrons. The molecule has 1 saturated heterocycles. The van der Waals surface area contributed by atoms with E-state index in [4.69, 9.17) is 0 Å². The van der Waals surface area contributed by atoms with E-state index in [0.717, 1.165) is 5.39 Å².